The van der Waals surface area contributed by atoms with E-state index < -0.39 is 0 Å². The van der Waals surface area contributed by atoms with Gasteiger partial charge in [0.15, 0.2) is 0 Å². The van der Waals surface area contributed by atoms with E-state index >= 15 is 0 Å². The van der Waals surface area contributed by atoms with Crippen molar-refractivity contribution >= 4 is 31.9 Å². The number of rotatable bonds is 2. The highest BCUT2D eigenvalue weighted by Gasteiger charge is 2.04. The highest BCUT2D eigenvalue weighted by atomic mass is 79.9. The zero-order chi connectivity index (χ0) is 9.97. The average molecular weight is 318 g/mol. The lowest BCUT2D eigenvalue weighted by molar-refractivity contribution is 0.638. The van der Waals surface area contributed by atoms with Crippen molar-refractivity contribution in [3.8, 4) is 0 Å². The van der Waals surface area contributed by atoms with Gasteiger partial charge in [-0.25, -0.2) is 14.6 Å². The van der Waals surface area contributed by atoms with Gasteiger partial charge in [-0.05, 0) is 37.9 Å². The molecular formula is C8H6Br2N4. The summed E-state index contributed by atoms with van der Waals surface area (Å²) in [4.78, 5) is 8.23. The highest BCUT2D eigenvalue weighted by Crippen LogP contribution is 2.16. The van der Waals surface area contributed by atoms with Crippen molar-refractivity contribution in [3.63, 3.8) is 0 Å². The minimum atomic E-state index is 0.563. The molecule has 0 aromatic carbocycles. The maximum atomic E-state index is 4.21. The van der Waals surface area contributed by atoms with Crippen molar-refractivity contribution in [1.82, 2.24) is 19.7 Å². The number of aromatic nitrogens is 4. The summed E-state index contributed by atoms with van der Waals surface area (Å²) in [6.45, 7) is 0.563. The Morgan fingerprint density at radius 3 is 2.50 bits per heavy atom. The molecule has 0 N–H and O–H groups in total. The van der Waals surface area contributed by atoms with Gasteiger partial charge in [-0.1, -0.05) is 0 Å². The van der Waals surface area contributed by atoms with E-state index in [2.05, 4.69) is 46.9 Å². The summed E-state index contributed by atoms with van der Waals surface area (Å²) in [5.74, 6) is 0.740. The second kappa shape index (κ2) is 4.18. The van der Waals surface area contributed by atoms with Crippen molar-refractivity contribution in [2.24, 2.45) is 0 Å². The van der Waals surface area contributed by atoms with E-state index in [0.717, 1.165) is 15.0 Å². The third kappa shape index (κ3) is 2.19. The molecule has 0 aliphatic carbocycles. The Balaban J connectivity index is 2.23. The van der Waals surface area contributed by atoms with Gasteiger partial charge in [0.2, 0.25) is 0 Å². The Morgan fingerprint density at radius 2 is 1.93 bits per heavy atom. The third-order valence-corrected chi connectivity index (χ3v) is 2.64. The van der Waals surface area contributed by atoms with Crippen LogP contribution in [-0.4, -0.2) is 19.7 Å². The number of halogens is 2. The maximum Gasteiger partial charge on any atom is 0.149 e. The summed E-state index contributed by atoms with van der Waals surface area (Å²) in [6, 6.07) is 3.67. The van der Waals surface area contributed by atoms with Crippen LogP contribution in [0.3, 0.4) is 0 Å². The SMILES string of the molecule is Brc1cc(Br)n(Cc2ncccn2)n1. The van der Waals surface area contributed by atoms with Gasteiger partial charge in [0.25, 0.3) is 0 Å². The summed E-state index contributed by atoms with van der Waals surface area (Å²) in [5.41, 5.74) is 0. The molecule has 0 fully saturated rings. The maximum absolute atomic E-state index is 4.21. The summed E-state index contributed by atoms with van der Waals surface area (Å²) >= 11 is 6.68. The fourth-order valence-electron chi connectivity index (χ4n) is 1.02. The zero-order valence-electron chi connectivity index (χ0n) is 7.06. The van der Waals surface area contributed by atoms with Crippen molar-refractivity contribution in [2.45, 2.75) is 6.54 Å². The molecule has 0 amide bonds. The predicted octanol–water partition coefficient (Wildman–Crippen LogP) is 2.25. The van der Waals surface area contributed by atoms with Crippen LogP contribution in [0.25, 0.3) is 0 Å². The Bertz CT molecular complexity index is 426. The van der Waals surface area contributed by atoms with Crippen molar-refractivity contribution in [1.29, 1.82) is 0 Å². The zero-order valence-corrected chi connectivity index (χ0v) is 10.2. The lowest BCUT2D eigenvalue weighted by Crippen LogP contribution is -2.05. The molecule has 2 aromatic rings. The molecule has 0 aliphatic heterocycles. The van der Waals surface area contributed by atoms with Crippen molar-refractivity contribution in [3.05, 3.63) is 39.6 Å². The first kappa shape index (κ1) is 9.79. The molecule has 0 radical (unpaired) electrons. The van der Waals surface area contributed by atoms with Crippen LogP contribution in [0.4, 0.5) is 0 Å². The van der Waals surface area contributed by atoms with Crippen LogP contribution < -0.4 is 0 Å². The summed E-state index contributed by atoms with van der Waals surface area (Å²) < 4.78 is 3.47. The fourth-order valence-corrected chi connectivity index (χ4v) is 2.16. The Labute approximate surface area is 97.6 Å². The second-order valence-corrected chi connectivity index (χ2v) is 4.24. The summed E-state index contributed by atoms with van der Waals surface area (Å²) in [6.07, 6.45) is 3.43. The van der Waals surface area contributed by atoms with Gasteiger partial charge < -0.3 is 0 Å². The van der Waals surface area contributed by atoms with Gasteiger partial charge in [-0.3, -0.25) is 0 Å². The molecule has 0 saturated carbocycles. The Morgan fingerprint density at radius 1 is 1.21 bits per heavy atom. The predicted molar refractivity (Wildman–Crippen MR) is 58.8 cm³/mol. The Kier molecular flexibility index (Phi) is 2.93. The summed E-state index contributed by atoms with van der Waals surface area (Å²) in [5, 5.41) is 4.21. The smallest absolute Gasteiger partial charge is 0.149 e. The highest BCUT2D eigenvalue weighted by molar-refractivity contribution is 9.11. The van der Waals surface area contributed by atoms with E-state index in [4.69, 9.17) is 0 Å². The summed E-state index contributed by atoms with van der Waals surface area (Å²) in [7, 11) is 0. The molecule has 6 heteroatoms. The molecule has 0 bridgehead atoms. The topological polar surface area (TPSA) is 43.6 Å². The van der Waals surface area contributed by atoms with Crippen molar-refractivity contribution < 1.29 is 0 Å². The van der Waals surface area contributed by atoms with Crippen LogP contribution in [0, 0.1) is 0 Å². The molecular weight excluding hydrogens is 312 g/mol. The van der Waals surface area contributed by atoms with Crippen LogP contribution in [0.1, 0.15) is 5.82 Å². The monoisotopic (exact) mass is 316 g/mol. The van der Waals surface area contributed by atoms with Gasteiger partial charge in [-0.2, -0.15) is 5.10 Å². The molecule has 2 rings (SSSR count). The molecule has 14 heavy (non-hydrogen) atoms. The van der Waals surface area contributed by atoms with Crippen LogP contribution in [0.2, 0.25) is 0 Å². The third-order valence-electron chi connectivity index (χ3n) is 1.61. The molecule has 0 aliphatic rings. The molecule has 0 spiro atoms. The van der Waals surface area contributed by atoms with E-state index in [1.165, 1.54) is 0 Å². The average Bonchev–Trinajstić information content (AvgIpc) is 2.47. The molecule has 0 saturated heterocycles. The molecule has 2 aromatic heterocycles. The quantitative estimate of drug-likeness (QED) is 0.853. The number of hydrogen-bond acceptors (Lipinski definition) is 3. The first-order valence-corrected chi connectivity index (χ1v) is 5.49. The minimum Gasteiger partial charge on any atom is -0.250 e. The van der Waals surface area contributed by atoms with Crippen molar-refractivity contribution in [2.75, 3.05) is 0 Å². The van der Waals surface area contributed by atoms with Crippen LogP contribution in [0.5, 0.6) is 0 Å². The normalized spacial score (nSPS) is 10.4. The number of hydrogen-bond donors (Lipinski definition) is 0. The van der Waals surface area contributed by atoms with E-state index in [9.17, 15) is 0 Å². The molecule has 2 heterocycles. The van der Waals surface area contributed by atoms with E-state index in [1.807, 2.05) is 6.07 Å². The molecule has 72 valence electrons. The van der Waals surface area contributed by atoms with E-state index in [1.54, 1.807) is 23.1 Å². The van der Waals surface area contributed by atoms with E-state index in [-0.39, 0.29) is 0 Å². The lowest BCUT2D eigenvalue weighted by Gasteiger charge is -2.00. The lowest BCUT2D eigenvalue weighted by atomic mass is 10.5. The van der Waals surface area contributed by atoms with Gasteiger partial charge in [0.1, 0.15) is 21.6 Å². The molecule has 0 atom stereocenters. The standard InChI is InChI=1S/C8H6Br2N4/c9-6-4-7(10)14(13-6)5-8-11-2-1-3-12-8/h1-4H,5H2. The van der Waals surface area contributed by atoms with Gasteiger partial charge >= 0.3 is 0 Å². The fraction of sp³-hybridized carbons (Fsp3) is 0.125. The van der Waals surface area contributed by atoms with Crippen LogP contribution in [-0.2, 0) is 6.54 Å². The molecule has 4 nitrogen and oxygen atoms in total. The van der Waals surface area contributed by atoms with Gasteiger partial charge in [0, 0.05) is 18.5 Å². The van der Waals surface area contributed by atoms with Crippen LogP contribution in [0.15, 0.2) is 33.7 Å². The first-order valence-electron chi connectivity index (χ1n) is 3.90. The minimum absolute atomic E-state index is 0.563. The first-order chi connectivity index (χ1) is 6.75. The van der Waals surface area contributed by atoms with E-state index in [0.29, 0.717) is 6.54 Å². The van der Waals surface area contributed by atoms with Crippen LogP contribution >= 0.6 is 31.9 Å². The van der Waals surface area contributed by atoms with Gasteiger partial charge in [-0.15, -0.1) is 0 Å². The van der Waals surface area contributed by atoms with Gasteiger partial charge in [0.05, 0.1) is 0 Å². The second-order valence-electron chi connectivity index (χ2n) is 2.61. The Hall–Kier alpha value is -0.750. The number of nitrogens with zero attached hydrogens (tertiary/aromatic N) is 4. The molecule has 0 unspecified atom stereocenters. The largest absolute Gasteiger partial charge is 0.250 e.